The van der Waals surface area contributed by atoms with Crippen LogP contribution in [0.15, 0.2) is 156 Å². The Kier molecular flexibility index (Phi) is 5.78. The minimum atomic E-state index is 0.611. The molecule has 0 aliphatic rings. The third kappa shape index (κ3) is 4.43. The van der Waals surface area contributed by atoms with Gasteiger partial charge in [-0.2, -0.15) is 0 Å². The number of benzene rings is 7. The van der Waals surface area contributed by atoms with Crippen molar-refractivity contribution in [2.45, 2.75) is 0 Å². The molecule has 0 radical (unpaired) electrons. The second-order valence-electron chi connectivity index (χ2n) is 11.3. The molecule has 9 aromatic rings. The summed E-state index contributed by atoms with van der Waals surface area (Å²) in [6, 6.07) is 52.4. The summed E-state index contributed by atoms with van der Waals surface area (Å²) in [5.74, 6) is 1.87. The van der Waals surface area contributed by atoms with Crippen LogP contribution >= 0.6 is 0 Å². The molecule has 0 N–H and O–H groups in total. The number of nitrogens with zero attached hydrogens (tertiary/aromatic N) is 3. The van der Waals surface area contributed by atoms with Gasteiger partial charge in [0, 0.05) is 27.5 Å². The Bertz CT molecular complexity index is 2550. The summed E-state index contributed by atoms with van der Waals surface area (Å²) in [4.78, 5) is 15.3. The molecule has 0 fully saturated rings. The molecule has 0 amide bonds. The van der Waals surface area contributed by atoms with Gasteiger partial charge in [0.2, 0.25) is 0 Å². The van der Waals surface area contributed by atoms with E-state index in [0.29, 0.717) is 17.5 Å². The van der Waals surface area contributed by atoms with Gasteiger partial charge in [-0.05, 0) is 63.0 Å². The minimum Gasteiger partial charge on any atom is -0.456 e. The lowest BCUT2D eigenvalue weighted by atomic mass is 10.00. The summed E-state index contributed by atoms with van der Waals surface area (Å²) >= 11 is 0. The fraction of sp³-hybridized carbons (Fsp3) is 0. The van der Waals surface area contributed by atoms with E-state index in [-0.39, 0.29) is 0 Å². The lowest BCUT2D eigenvalue weighted by Gasteiger charge is -2.11. The van der Waals surface area contributed by atoms with E-state index in [4.69, 9.17) is 19.4 Å². The molecule has 2 heterocycles. The van der Waals surface area contributed by atoms with Gasteiger partial charge in [0.05, 0.1) is 0 Å². The first kappa shape index (κ1) is 25.4. The van der Waals surface area contributed by atoms with E-state index in [2.05, 4.69) is 115 Å². The molecule has 45 heavy (non-hydrogen) atoms. The Hall–Kier alpha value is -6.13. The van der Waals surface area contributed by atoms with Crippen LogP contribution in [0, 0.1) is 0 Å². The largest absolute Gasteiger partial charge is 0.456 e. The SMILES string of the molecule is c1ccc(-c2ccc3cc(-c4nc(-c5ccc6ccccc6c5)nc(-c5cccc6oc7ccccc7c56)n4)ccc3c2)cc1. The molecule has 2 aromatic heterocycles. The molecule has 4 nitrogen and oxygen atoms in total. The van der Waals surface area contributed by atoms with E-state index in [1.54, 1.807) is 0 Å². The van der Waals surface area contributed by atoms with Crippen molar-refractivity contribution in [3.05, 3.63) is 152 Å². The minimum absolute atomic E-state index is 0.611. The average Bonchev–Trinajstić information content (AvgIpc) is 3.50. The molecule has 0 unspecified atom stereocenters. The highest BCUT2D eigenvalue weighted by atomic mass is 16.3. The second kappa shape index (κ2) is 10.2. The van der Waals surface area contributed by atoms with Crippen molar-refractivity contribution in [1.82, 2.24) is 15.0 Å². The molecule has 0 aliphatic carbocycles. The number of fused-ring (bicyclic) bond motifs is 5. The molecule has 210 valence electrons. The van der Waals surface area contributed by atoms with Crippen molar-refractivity contribution in [3.8, 4) is 45.3 Å². The fourth-order valence-electron chi connectivity index (χ4n) is 6.24. The Labute approximate surface area is 259 Å². The lowest BCUT2D eigenvalue weighted by molar-refractivity contribution is 0.669. The van der Waals surface area contributed by atoms with Gasteiger partial charge < -0.3 is 4.42 Å². The van der Waals surface area contributed by atoms with Crippen molar-refractivity contribution in [3.63, 3.8) is 0 Å². The van der Waals surface area contributed by atoms with Crippen LogP contribution in [-0.2, 0) is 0 Å². The molecule has 7 aromatic carbocycles. The van der Waals surface area contributed by atoms with Crippen LogP contribution in [-0.4, -0.2) is 15.0 Å². The molecular weight excluding hydrogens is 550 g/mol. The molecule has 4 heteroatoms. The number of aromatic nitrogens is 3. The van der Waals surface area contributed by atoms with Gasteiger partial charge in [0.1, 0.15) is 11.2 Å². The quantitative estimate of drug-likeness (QED) is 0.209. The van der Waals surface area contributed by atoms with Crippen LogP contribution < -0.4 is 0 Å². The van der Waals surface area contributed by atoms with E-state index < -0.39 is 0 Å². The highest BCUT2D eigenvalue weighted by Crippen LogP contribution is 2.37. The maximum atomic E-state index is 6.21. The highest BCUT2D eigenvalue weighted by Gasteiger charge is 2.18. The van der Waals surface area contributed by atoms with Crippen molar-refractivity contribution in [1.29, 1.82) is 0 Å². The van der Waals surface area contributed by atoms with E-state index in [1.165, 1.54) is 21.9 Å². The van der Waals surface area contributed by atoms with E-state index >= 15 is 0 Å². The van der Waals surface area contributed by atoms with Crippen LogP contribution in [0.25, 0.3) is 88.8 Å². The first-order valence-corrected chi connectivity index (χ1v) is 15.0. The molecule has 0 aliphatic heterocycles. The average molecular weight is 576 g/mol. The van der Waals surface area contributed by atoms with Gasteiger partial charge in [0.25, 0.3) is 0 Å². The van der Waals surface area contributed by atoms with Crippen molar-refractivity contribution in [2.75, 3.05) is 0 Å². The van der Waals surface area contributed by atoms with Crippen molar-refractivity contribution < 1.29 is 4.42 Å². The number of rotatable bonds is 4. The molecular formula is C41H25N3O. The number of hydrogen-bond acceptors (Lipinski definition) is 4. The molecule has 0 atom stereocenters. The van der Waals surface area contributed by atoms with Crippen LogP contribution in [0.1, 0.15) is 0 Å². The zero-order chi connectivity index (χ0) is 29.7. The third-order valence-electron chi connectivity index (χ3n) is 8.49. The van der Waals surface area contributed by atoms with Crippen LogP contribution in [0.3, 0.4) is 0 Å². The standard InChI is InChI=1S/C41H25N3O/c1-2-9-26(10-3-1)29-18-19-31-25-33(22-20-30(31)23-29)40-42-39(32-21-17-27-11-4-5-12-28(27)24-32)43-41(44-40)35-14-8-16-37-38(35)34-13-6-7-15-36(34)45-37/h1-25H. The summed E-state index contributed by atoms with van der Waals surface area (Å²) in [6.07, 6.45) is 0. The monoisotopic (exact) mass is 575 g/mol. The first-order valence-electron chi connectivity index (χ1n) is 15.0. The van der Waals surface area contributed by atoms with Gasteiger partial charge in [-0.25, -0.2) is 15.0 Å². The normalized spacial score (nSPS) is 11.6. The van der Waals surface area contributed by atoms with Gasteiger partial charge in [0.15, 0.2) is 17.5 Å². The predicted octanol–water partition coefficient (Wildman–Crippen LogP) is 10.7. The Morgan fingerprint density at radius 1 is 0.356 bits per heavy atom. The second-order valence-corrected chi connectivity index (χ2v) is 11.3. The molecule has 0 saturated heterocycles. The van der Waals surface area contributed by atoms with Gasteiger partial charge in [-0.15, -0.1) is 0 Å². The zero-order valence-corrected chi connectivity index (χ0v) is 24.2. The van der Waals surface area contributed by atoms with Gasteiger partial charge in [-0.1, -0.05) is 121 Å². The molecule has 0 saturated carbocycles. The highest BCUT2D eigenvalue weighted by molar-refractivity contribution is 6.11. The van der Waals surface area contributed by atoms with Crippen LogP contribution in [0.2, 0.25) is 0 Å². The molecule has 9 rings (SSSR count). The molecule has 0 spiro atoms. The maximum Gasteiger partial charge on any atom is 0.164 e. The lowest BCUT2D eigenvalue weighted by Crippen LogP contribution is -2.00. The Morgan fingerprint density at radius 3 is 1.69 bits per heavy atom. The van der Waals surface area contributed by atoms with E-state index in [0.717, 1.165) is 49.4 Å². The van der Waals surface area contributed by atoms with Crippen LogP contribution in [0.5, 0.6) is 0 Å². The fourth-order valence-corrected chi connectivity index (χ4v) is 6.24. The maximum absolute atomic E-state index is 6.21. The molecule has 0 bridgehead atoms. The van der Waals surface area contributed by atoms with Crippen molar-refractivity contribution in [2.24, 2.45) is 0 Å². The predicted molar refractivity (Wildman–Crippen MR) is 184 cm³/mol. The number of furan rings is 1. The summed E-state index contributed by atoms with van der Waals surface area (Å²) in [6.45, 7) is 0. The van der Waals surface area contributed by atoms with Crippen LogP contribution in [0.4, 0.5) is 0 Å². The van der Waals surface area contributed by atoms with Gasteiger partial charge in [-0.3, -0.25) is 0 Å². The topological polar surface area (TPSA) is 51.8 Å². The zero-order valence-electron chi connectivity index (χ0n) is 24.2. The summed E-state index contributed by atoms with van der Waals surface area (Å²) < 4.78 is 6.21. The van der Waals surface area contributed by atoms with E-state index in [1.807, 2.05) is 36.4 Å². The van der Waals surface area contributed by atoms with Gasteiger partial charge >= 0.3 is 0 Å². The first-order chi connectivity index (χ1) is 22.3. The summed E-state index contributed by atoms with van der Waals surface area (Å²) in [7, 11) is 0. The summed E-state index contributed by atoms with van der Waals surface area (Å²) in [5, 5.41) is 6.65. The summed E-state index contributed by atoms with van der Waals surface area (Å²) in [5.41, 5.74) is 6.83. The third-order valence-corrected chi connectivity index (χ3v) is 8.49. The number of para-hydroxylation sites is 1. The smallest absolute Gasteiger partial charge is 0.164 e. The Balaban J connectivity index is 1.25. The van der Waals surface area contributed by atoms with E-state index in [9.17, 15) is 0 Å². The van der Waals surface area contributed by atoms with Crippen molar-refractivity contribution >= 4 is 43.5 Å². The number of hydrogen-bond donors (Lipinski definition) is 0. The Morgan fingerprint density at radius 2 is 0.911 bits per heavy atom.